The molecule has 2 aromatic rings. The Labute approximate surface area is 110 Å². The van der Waals surface area contributed by atoms with Crippen LogP contribution in [0.25, 0.3) is 0 Å². The van der Waals surface area contributed by atoms with Crippen molar-refractivity contribution in [1.82, 2.24) is 4.98 Å². The van der Waals surface area contributed by atoms with Gasteiger partial charge in [-0.05, 0) is 18.2 Å². The van der Waals surface area contributed by atoms with Gasteiger partial charge in [0.15, 0.2) is 0 Å². The molecule has 19 heavy (non-hydrogen) atoms. The third-order valence-electron chi connectivity index (χ3n) is 2.60. The number of rotatable bonds is 3. The van der Waals surface area contributed by atoms with E-state index in [-0.39, 0.29) is 16.4 Å². The Kier molecular flexibility index (Phi) is 3.39. The molecule has 0 aliphatic carbocycles. The molecule has 0 saturated heterocycles. The van der Waals surface area contributed by atoms with Gasteiger partial charge in [-0.25, -0.2) is 17.8 Å². The lowest BCUT2D eigenvalue weighted by atomic mass is 10.3. The summed E-state index contributed by atoms with van der Waals surface area (Å²) >= 11 is 0. The smallest absolute Gasteiger partial charge is 0.264 e. The number of hydrogen-bond donors (Lipinski definition) is 1. The minimum atomic E-state index is -3.86. The molecule has 0 spiro atoms. The van der Waals surface area contributed by atoms with Crippen molar-refractivity contribution < 1.29 is 12.8 Å². The second kappa shape index (κ2) is 4.85. The van der Waals surface area contributed by atoms with Crippen LogP contribution >= 0.6 is 0 Å². The van der Waals surface area contributed by atoms with Gasteiger partial charge in [0.05, 0.1) is 10.6 Å². The summed E-state index contributed by atoms with van der Waals surface area (Å²) in [6.45, 7) is 0. The molecule has 0 aliphatic rings. The summed E-state index contributed by atoms with van der Waals surface area (Å²) in [4.78, 5) is 3.69. The van der Waals surface area contributed by atoms with E-state index in [1.165, 1.54) is 43.6 Å². The zero-order valence-electron chi connectivity index (χ0n) is 10.1. The molecule has 100 valence electrons. The lowest BCUT2D eigenvalue weighted by Gasteiger charge is -2.19. The predicted octanol–water partition coefficient (Wildman–Crippen LogP) is 1.63. The zero-order chi connectivity index (χ0) is 14.0. The average Bonchev–Trinajstić information content (AvgIpc) is 2.38. The molecule has 0 saturated carbocycles. The van der Waals surface area contributed by atoms with Crippen LogP contribution in [0.3, 0.4) is 0 Å². The Morgan fingerprint density at radius 3 is 2.58 bits per heavy atom. The number of nitrogens with zero attached hydrogens (tertiary/aromatic N) is 2. The summed E-state index contributed by atoms with van der Waals surface area (Å²) in [5.41, 5.74) is 5.43. The highest BCUT2D eigenvalue weighted by Gasteiger charge is 2.23. The quantitative estimate of drug-likeness (QED) is 0.927. The van der Waals surface area contributed by atoms with Crippen LogP contribution in [-0.4, -0.2) is 20.4 Å². The van der Waals surface area contributed by atoms with Crippen molar-refractivity contribution in [2.24, 2.45) is 0 Å². The van der Waals surface area contributed by atoms with Gasteiger partial charge in [-0.1, -0.05) is 12.1 Å². The van der Waals surface area contributed by atoms with E-state index in [9.17, 15) is 12.8 Å². The topological polar surface area (TPSA) is 76.3 Å². The number of halogens is 1. The minimum Gasteiger partial charge on any atom is -0.384 e. The predicted molar refractivity (Wildman–Crippen MR) is 70.6 cm³/mol. The largest absolute Gasteiger partial charge is 0.384 e. The van der Waals surface area contributed by atoms with Crippen LogP contribution in [0.4, 0.5) is 15.9 Å². The standard InChI is InChI=1S/C12H12FN3O2S/c1-16(11-5-3-2-4-10(11)13)19(17,18)9-6-7-15-12(14)8-9/h2-8H,1H3,(H2,14,15). The number of sulfonamides is 1. The summed E-state index contributed by atoms with van der Waals surface area (Å²) in [6, 6.07) is 8.17. The Balaban J connectivity index is 2.49. The zero-order valence-corrected chi connectivity index (χ0v) is 10.9. The maximum absolute atomic E-state index is 13.6. The highest BCUT2D eigenvalue weighted by atomic mass is 32.2. The fourth-order valence-corrected chi connectivity index (χ4v) is 2.81. The van der Waals surface area contributed by atoms with E-state index in [2.05, 4.69) is 4.98 Å². The van der Waals surface area contributed by atoms with E-state index in [0.717, 1.165) is 4.31 Å². The van der Waals surface area contributed by atoms with E-state index >= 15 is 0 Å². The van der Waals surface area contributed by atoms with E-state index in [1.54, 1.807) is 6.07 Å². The summed E-state index contributed by atoms with van der Waals surface area (Å²) in [5.74, 6) is -0.529. The molecular formula is C12H12FN3O2S. The lowest BCUT2D eigenvalue weighted by molar-refractivity contribution is 0.589. The number of nitrogen functional groups attached to an aromatic ring is 1. The maximum Gasteiger partial charge on any atom is 0.264 e. The van der Waals surface area contributed by atoms with Crippen LogP contribution in [-0.2, 0) is 10.0 Å². The number of para-hydroxylation sites is 1. The molecule has 1 heterocycles. The van der Waals surface area contributed by atoms with E-state index < -0.39 is 15.8 Å². The summed E-state index contributed by atoms with van der Waals surface area (Å²) in [5, 5.41) is 0. The van der Waals surface area contributed by atoms with Crippen molar-refractivity contribution in [2.45, 2.75) is 4.90 Å². The second-order valence-electron chi connectivity index (χ2n) is 3.84. The monoisotopic (exact) mass is 281 g/mol. The maximum atomic E-state index is 13.6. The van der Waals surface area contributed by atoms with Crippen LogP contribution in [0, 0.1) is 5.82 Å². The van der Waals surface area contributed by atoms with E-state index in [1.807, 2.05) is 0 Å². The van der Waals surface area contributed by atoms with Crippen molar-refractivity contribution >= 4 is 21.5 Å². The molecule has 0 aliphatic heterocycles. The van der Waals surface area contributed by atoms with Crippen molar-refractivity contribution in [2.75, 3.05) is 17.1 Å². The first-order chi connectivity index (χ1) is 8.93. The van der Waals surface area contributed by atoms with Crippen LogP contribution in [0.5, 0.6) is 0 Å². The molecule has 2 rings (SSSR count). The molecular weight excluding hydrogens is 269 g/mol. The molecule has 1 aromatic carbocycles. The molecule has 7 heteroatoms. The number of hydrogen-bond acceptors (Lipinski definition) is 4. The van der Waals surface area contributed by atoms with Crippen LogP contribution in [0.15, 0.2) is 47.5 Å². The number of nitrogens with two attached hydrogens (primary N) is 1. The lowest BCUT2D eigenvalue weighted by Crippen LogP contribution is -2.27. The molecule has 0 unspecified atom stereocenters. The van der Waals surface area contributed by atoms with Gasteiger partial charge in [-0.3, -0.25) is 4.31 Å². The summed E-state index contributed by atoms with van der Waals surface area (Å²) in [6.07, 6.45) is 1.29. The third kappa shape index (κ3) is 2.50. The van der Waals surface area contributed by atoms with Gasteiger partial charge in [0, 0.05) is 19.3 Å². The first-order valence-corrected chi connectivity index (χ1v) is 6.82. The normalized spacial score (nSPS) is 11.3. The highest BCUT2D eigenvalue weighted by Crippen LogP contribution is 2.24. The van der Waals surface area contributed by atoms with Crippen LogP contribution in [0.2, 0.25) is 0 Å². The Bertz CT molecular complexity index is 704. The molecule has 0 bridgehead atoms. The summed E-state index contributed by atoms with van der Waals surface area (Å²) < 4.78 is 39.1. The minimum absolute atomic E-state index is 0.0297. The summed E-state index contributed by atoms with van der Waals surface area (Å²) in [7, 11) is -2.58. The Hall–Kier alpha value is -2.15. The van der Waals surface area contributed by atoms with Gasteiger partial charge < -0.3 is 5.73 Å². The molecule has 5 nitrogen and oxygen atoms in total. The Morgan fingerprint density at radius 2 is 1.95 bits per heavy atom. The van der Waals surface area contributed by atoms with E-state index in [0.29, 0.717) is 0 Å². The second-order valence-corrected chi connectivity index (χ2v) is 5.81. The Morgan fingerprint density at radius 1 is 1.26 bits per heavy atom. The van der Waals surface area contributed by atoms with Gasteiger partial charge in [-0.15, -0.1) is 0 Å². The first-order valence-electron chi connectivity index (χ1n) is 5.38. The molecule has 1 aromatic heterocycles. The SMILES string of the molecule is CN(c1ccccc1F)S(=O)(=O)c1ccnc(N)c1. The molecule has 2 N–H and O–H groups in total. The highest BCUT2D eigenvalue weighted by molar-refractivity contribution is 7.92. The van der Waals surface area contributed by atoms with Crippen molar-refractivity contribution in [1.29, 1.82) is 0 Å². The average molecular weight is 281 g/mol. The van der Waals surface area contributed by atoms with Gasteiger partial charge in [-0.2, -0.15) is 0 Å². The fourth-order valence-electron chi connectivity index (χ4n) is 1.58. The number of aromatic nitrogens is 1. The van der Waals surface area contributed by atoms with Gasteiger partial charge >= 0.3 is 0 Å². The number of anilines is 2. The van der Waals surface area contributed by atoms with Crippen molar-refractivity contribution in [3.8, 4) is 0 Å². The molecule has 0 radical (unpaired) electrons. The van der Waals surface area contributed by atoms with Crippen molar-refractivity contribution in [3.05, 3.63) is 48.4 Å². The van der Waals surface area contributed by atoms with Crippen molar-refractivity contribution in [3.63, 3.8) is 0 Å². The third-order valence-corrected chi connectivity index (χ3v) is 4.37. The fraction of sp³-hybridized carbons (Fsp3) is 0.0833. The van der Waals surface area contributed by atoms with Gasteiger partial charge in [0.25, 0.3) is 10.0 Å². The van der Waals surface area contributed by atoms with Crippen LogP contribution < -0.4 is 10.0 Å². The number of benzene rings is 1. The first kappa shape index (κ1) is 13.3. The molecule has 0 amide bonds. The van der Waals surface area contributed by atoms with Gasteiger partial charge in [0.2, 0.25) is 0 Å². The van der Waals surface area contributed by atoms with E-state index in [4.69, 9.17) is 5.73 Å². The molecule has 0 fully saturated rings. The number of pyridine rings is 1. The van der Waals surface area contributed by atoms with Gasteiger partial charge in [0.1, 0.15) is 11.6 Å². The molecule has 0 atom stereocenters. The van der Waals surface area contributed by atoms with Crippen LogP contribution in [0.1, 0.15) is 0 Å².